The number of fused-ring (bicyclic) bond motifs is 1. The summed E-state index contributed by atoms with van der Waals surface area (Å²) in [6, 6.07) is 5.28. The maximum absolute atomic E-state index is 11.1. The van der Waals surface area contributed by atoms with Crippen LogP contribution in [0, 0.1) is 0 Å². The number of rotatable bonds is 2. The standard InChI is InChI=1S/C11H11NO3/c1-6(11(14)15)7-2-3-9-8(4-7)5-10(13)12-9/h2-4,6H,5H2,1H3,(H,12,13)(H,14,15)/t6-/m1/s1. The van der Waals surface area contributed by atoms with Gasteiger partial charge < -0.3 is 10.4 Å². The summed E-state index contributed by atoms with van der Waals surface area (Å²) in [6.45, 7) is 1.63. The van der Waals surface area contributed by atoms with Gasteiger partial charge in [-0.05, 0) is 24.1 Å². The van der Waals surface area contributed by atoms with Crippen molar-refractivity contribution in [3.63, 3.8) is 0 Å². The molecule has 2 N–H and O–H groups in total. The molecule has 1 amide bonds. The normalized spacial score (nSPS) is 15.7. The van der Waals surface area contributed by atoms with Crippen LogP contribution in [-0.2, 0) is 16.0 Å². The van der Waals surface area contributed by atoms with E-state index in [1.165, 1.54) is 0 Å². The van der Waals surface area contributed by atoms with E-state index in [0.29, 0.717) is 6.42 Å². The lowest BCUT2D eigenvalue weighted by molar-refractivity contribution is -0.138. The van der Waals surface area contributed by atoms with Crippen molar-refractivity contribution in [2.24, 2.45) is 0 Å². The van der Waals surface area contributed by atoms with Crippen LogP contribution in [0.2, 0.25) is 0 Å². The number of nitrogens with one attached hydrogen (secondary N) is 1. The summed E-state index contributed by atoms with van der Waals surface area (Å²) < 4.78 is 0. The largest absolute Gasteiger partial charge is 0.481 e. The van der Waals surface area contributed by atoms with Crippen molar-refractivity contribution in [2.75, 3.05) is 5.32 Å². The predicted molar refractivity (Wildman–Crippen MR) is 54.8 cm³/mol. The Labute approximate surface area is 86.9 Å². The number of carboxylic acids is 1. The first kappa shape index (κ1) is 9.71. The summed E-state index contributed by atoms with van der Waals surface area (Å²) >= 11 is 0. The van der Waals surface area contributed by atoms with E-state index in [4.69, 9.17) is 5.11 Å². The van der Waals surface area contributed by atoms with E-state index < -0.39 is 11.9 Å². The van der Waals surface area contributed by atoms with Gasteiger partial charge in [0.2, 0.25) is 5.91 Å². The fourth-order valence-corrected chi connectivity index (χ4v) is 1.66. The highest BCUT2D eigenvalue weighted by atomic mass is 16.4. The zero-order chi connectivity index (χ0) is 11.0. The quantitative estimate of drug-likeness (QED) is 0.766. The zero-order valence-electron chi connectivity index (χ0n) is 8.28. The van der Waals surface area contributed by atoms with Crippen molar-refractivity contribution in [2.45, 2.75) is 19.3 Å². The van der Waals surface area contributed by atoms with E-state index in [1.807, 2.05) is 0 Å². The minimum Gasteiger partial charge on any atom is -0.481 e. The van der Waals surface area contributed by atoms with Crippen LogP contribution >= 0.6 is 0 Å². The number of carboxylic acid groups (broad SMARTS) is 1. The van der Waals surface area contributed by atoms with Crippen molar-refractivity contribution in [3.05, 3.63) is 29.3 Å². The average Bonchev–Trinajstić information content (AvgIpc) is 2.55. The number of anilines is 1. The summed E-state index contributed by atoms with van der Waals surface area (Å²) in [5, 5.41) is 11.6. The number of hydrogen-bond donors (Lipinski definition) is 2. The van der Waals surface area contributed by atoms with E-state index in [9.17, 15) is 9.59 Å². The van der Waals surface area contributed by atoms with Crippen molar-refractivity contribution in [1.82, 2.24) is 0 Å². The Morgan fingerprint density at radius 1 is 1.53 bits per heavy atom. The molecular weight excluding hydrogens is 194 g/mol. The van der Waals surface area contributed by atoms with Crippen LogP contribution in [0.5, 0.6) is 0 Å². The minimum atomic E-state index is -0.854. The molecule has 0 aromatic heterocycles. The molecule has 2 rings (SSSR count). The van der Waals surface area contributed by atoms with Gasteiger partial charge in [-0.25, -0.2) is 0 Å². The van der Waals surface area contributed by atoms with Crippen molar-refractivity contribution < 1.29 is 14.7 Å². The molecule has 1 aliphatic heterocycles. The van der Waals surface area contributed by atoms with Crippen LogP contribution in [0.3, 0.4) is 0 Å². The number of carbonyl (C=O) groups excluding carboxylic acids is 1. The Morgan fingerprint density at radius 2 is 2.27 bits per heavy atom. The van der Waals surface area contributed by atoms with Crippen LogP contribution in [0.1, 0.15) is 24.0 Å². The third-order valence-electron chi connectivity index (χ3n) is 2.62. The summed E-state index contributed by atoms with van der Waals surface area (Å²) in [5.41, 5.74) is 2.41. The molecule has 0 saturated carbocycles. The van der Waals surface area contributed by atoms with E-state index in [-0.39, 0.29) is 5.91 Å². The second-order valence-electron chi connectivity index (χ2n) is 3.70. The van der Waals surface area contributed by atoms with Gasteiger partial charge in [0.1, 0.15) is 0 Å². The van der Waals surface area contributed by atoms with Gasteiger partial charge in [0.15, 0.2) is 0 Å². The van der Waals surface area contributed by atoms with Crippen molar-refractivity contribution >= 4 is 17.6 Å². The molecule has 1 aromatic rings. The Kier molecular flexibility index (Phi) is 2.19. The topological polar surface area (TPSA) is 66.4 Å². The minimum absolute atomic E-state index is 0.0369. The van der Waals surface area contributed by atoms with Gasteiger partial charge in [-0.2, -0.15) is 0 Å². The highest BCUT2D eigenvalue weighted by Gasteiger charge is 2.20. The van der Waals surface area contributed by atoms with Crippen LogP contribution in [0.25, 0.3) is 0 Å². The molecule has 1 aliphatic rings. The summed E-state index contributed by atoms with van der Waals surface area (Å²) in [7, 11) is 0. The lowest BCUT2D eigenvalue weighted by Crippen LogP contribution is -2.07. The number of benzene rings is 1. The smallest absolute Gasteiger partial charge is 0.310 e. The molecule has 4 nitrogen and oxygen atoms in total. The van der Waals surface area contributed by atoms with E-state index in [2.05, 4.69) is 5.32 Å². The molecule has 0 fully saturated rings. The van der Waals surface area contributed by atoms with Crippen LogP contribution < -0.4 is 5.32 Å². The number of carbonyl (C=O) groups is 2. The van der Waals surface area contributed by atoms with Crippen molar-refractivity contribution in [3.8, 4) is 0 Å². The molecule has 1 heterocycles. The molecule has 0 radical (unpaired) electrons. The Morgan fingerprint density at radius 3 is 2.93 bits per heavy atom. The van der Waals surface area contributed by atoms with Gasteiger partial charge in [0.05, 0.1) is 12.3 Å². The summed E-state index contributed by atoms with van der Waals surface area (Å²) in [5.74, 6) is -1.43. The SMILES string of the molecule is C[C@@H](C(=O)O)c1ccc2c(c1)CC(=O)N2. The molecule has 0 saturated heterocycles. The molecule has 1 atom stereocenters. The third kappa shape index (κ3) is 1.70. The average molecular weight is 205 g/mol. The molecule has 78 valence electrons. The van der Waals surface area contributed by atoms with Crippen LogP contribution in [0.4, 0.5) is 5.69 Å². The Hall–Kier alpha value is -1.84. The van der Waals surface area contributed by atoms with Gasteiger partial charge in [-0.15, -0.1) is 0 Å². The van der Waals surface area contributed by atoms with E-state index in [1.54, 1.807) is 25.1 Å². The molecule has 0 aliphatic carbocycles. The fourth-order valence-electron chi connectivity index (χ4n) is 1.66. The Balaban J connectivity index is 2.35. The molecule has 1 aromatic carbocycles. The van der Waals surface area contributed by atoms with E-state index in [0.717, 1.165) is 16.8 Å². The lowest BCUT2D eigenvalue weighted by atomic mass is 9.98. The highest BCUT2D eigenvalue weighted by Crippen LogP contribution is 2.27. The third-order valence-corrected chi connectivity index (χ3v) is 2.62. The molecule has 15 heavy (non-hydrogen) atoms. The molecule has 0 spiro atoms. The summed E-state index contributed by atoms with van der Waals surface area (Å²) in [6.07, 6.45) is 0.343. The van der Waals surface area contributed by atoms with E-state index >= 15 is 0 Å². The first-order valence-corrected chi connectivity index (χ1v) is 4.73. The van der Waals surface area contributed by atoms with Crippen molar-refractivity contribution in [1.29, 1.82) is 0 Å². The number of hydrogen-bond acceptors (Lipinski definition) is 2. The maximum atomic E-state index is 11.1. The van der Waals surface area contributed by atoms with Gasteiger partial charge in [0.25, 0.3) is 0 Å². The first-order valence-electron chi connectivity index (χ1n) is 4.73. The van der Waals surface area contributed by atoms with Gasteiger partial charge in [-0.1, -0.05) is 12.1 Å². The number of aliphatic carboxylic acids is 1. The Bertz CT molecular complexity index is 439. The van der Waals surface area contributed by atoms with Crippen LogP contribution in [0.15, 0.2) is 18.2 Å². The molecular formula is C11H11NO3. The highest BCUT2D eigenvalue weighted by molar-refractivity contribution is 5.99. The fraction of sp³-hybridized carbons (Fsp3) is 0.273. The second-order valence-corrected chi connectivity index (χ2v) is 3.70. The second kappa shape index (κ2) is 3.38. The van der Waals surface area contributed by atoms with Gasteiger partial charge >= 0.3 is 5.97 Å². The van der Waals surface area contributed by atoms with Gasteiger partial charge in [-0.3, -0.25) is 9.59 Å². The zero-order valence-corrected chi connectivity index (χ0v) is 8.28. The lowest BCUT2D eigenvalue weighted by Gasteiger charge is -2.07. The van der Waals surface area contributed by atoms with Gasteiger partial charge in [0, 0.05) is 5.69 Å². The molecule has 0 unspecified atom stereocenters. The molecule has 0 bridgehead atoms. The summed E-state index contributed by atoms with van der Waals surface area (Å²) in [4.78, 5) is 21.9. The number of amides is 1. The monoisotopic (exact) mass is 205 g/mol. The van der Waals surface area contributed by atoms with Crippen LogP contribution in [-0.4, -0.2) is 17.0 Å². The maximum Gasteiger partial charge on any atom is 0.310 e. The predicted octanol–water partition coefficient (Wildman–Crippen LogP) is 1.37. The first-order chi connectivity index (χ1) is 7.08. The molecule has 4 heteroatoms.